The number of benzene rings is 1. The third-order valence-corrected chi connectivity index (χ3v) is 4.43. The molecule has 0 aromatic heterocycles. The molecular weight excluding hydrogens is 266 g/mol. The molecule has 0 bridgehead atoms. The number of hydrogen-bond acceptors (Lipinski definition) is 3. The Bertz CT molecular complexity index is 357. The van der Waals surface area contributed by atoms with E-state index in [0.29, 0.717) is 0 Å². The molecule has 1 N–H and O–H groups in total. The first kappa shape index (κ1) is 17.4. The molecule has 3 heteroatoms. The Morgan fingerprint density at radius 1 is 1.30 bits per heavy atom. The monoisotopic (exact) mass is 295 g/mol. The molecule has 0 heterocycles. The molecule has 0 saturated heterocycles. The highest BCUT2D eigenvalue weighted by molar-refractivity contribution is 7.99. The SMILES string of the molecule is CCNCC(CCCSCC)Cc1cccc(OC)c1. The highest BCUT2D eigenvalue weighted by Gasteiger charge is 2.10. The van der Waals surface area contributed by atoms with E-state index < -0.39 is 0 Å². The Kier molecular flexibility index (Phi) is 9.60. The first-order chi connectivity index (χ1) is 9.80. The van der Waals surface area contributed by atoms with Gasteiger partial charge in [-0.15, -0.1) is 0 Å². The van der Waals surface area contributed by atoms with Gasteiger partial charge in [0, 0.05) is 0 Å². The summed E-state index contributed by atoms with van der Waals surface area (Å²) in [5, 5.41) is 3.50. The van der Waals surface area contributed by atoms with Gasteiger partial charge in [-0.3, -0.25) is 0 Å². The van der Waals surface area contributed by atoms with Crippen molar-refractivity contribution < 1.29 is 4.74 Å². The maximum atomic E-state index is 5.31. The zero-order valence-electron chi connectivity index (χ0n) is 13.2. The van der Waals surface area contributed by atoms with E-state index in [9.17, 15) is 0 Å². The van der Waals surface area contributed by atoms with Gasteiger partial charge in [0.1, 0.15) is 5.75 Å². The van der Waals surface area contributed by atoms with E-state index in [4.69, 9.17) is 4.74 Å². The fraction of sp³-hybridized carbons (Fsp3) is 0.647. The molecule has 0 saturated carbocycles. The molecule has 114 valence electrons. The minimum atomic E-state index is 0.722. The van der Waals surface area contributed by atoms with Crippen molar-refractivity contribution in [3.05, 3.63) is 29.8 Å². The van der Waals surface area contributed by atoms with Crippen molar-refractivity contribution in [3.8, 4) is 5.75 Å². The summed E-state index contributed by atoms with van der Waals surface area (Å²) in [5.41, 5.74) is 1.38. The van der Waals surface area contributed by atoms with Gasteiger partial charge in [0.05, 0.1) is 7.11 Å². The van der Waals surface area contributed by atoms with Crippen LogP contribution in [-0.4, -0.2) is 31.7 Å². The summed E-state index contributed by atoms with van der Waals surface area (Å²) >= 11 is 2.05. The van der Waals surface area contributed by atoms with Crippen molar-refractivity contribution >= 4 is 11.8 Å². The number of thioether (sulfide) groups is 1. The van der Waals surface area contributed by atoms with Crippen LogP contribution in [-0.2, 0) is 6.42 Å². The van der Waals surface area contributed by atoms with Crippen molar-refractivity contribution in [2.45, 2.75) is 33.1 Å². The summed E-state index contributed by atoms with van der Waals surface area (Å²) in [6, 6.07) is 8.48. The second-order valence-corrected chi connectivity index (χ2v) is 6.46. The Morgan fingerprint density at radius 3 is 2.85 bits per heavy atom. The maximum Gasteiger partial charge on any atom is 0.119 e. The first-order valence-electron chi connectivity index (χ1n) is 7.71. The summed E-state index contributed by atoms with van der Waals surface area (Å²) in [6.45, 7) is 6.58. The predicted molar refractivity (Wildman–Crippen MR) is 91.0 cm³/mol. The Hall–Kier alpha value is -0.670. The molecule has 1 aromatic carbocycles. The summed E-state index contributed by atoms with van der Waals surface area (Å²) < 4.78 is 5.31. The van der Waals surface area contributed by atoms with Gasteiger partial charge in [0.15, 0.2) is 0 Å². The average molecular weight is 295 g/mol. The summed E-state index contributed by atoms with van der Waals surface area (Å²) in [4.78, 5) is 0. The van der Waals surface area contributed by atoms with E-state index in [1.165, 1.54) is 29.9 Å². The lowest BCUT2D eigenvalue weighted by atomic mass is 9.95. The smallest absolute Gasteiger partial charge is 0.119 e. The third kappa shape index (κ3) is 7.20. The minimum Gasteiger partial charge on any atom is -0.497 e. The van der Waals surface area contributed by atoms with E-state index >= 15 is 0 Å². The molecular formula is C17H29NOS. The zero-order valence-corrected chi connectivity index (χ0v) is 14.0. The molecule has 2 nitrogen and oxygen atoms in total. The number of rotatable bonds is 11. The molecule has 1 atom stereocenters. The molecule has 0 aliphatic heterocycles. The molecule has 0 fully saturated rings. The summed E-state index contributed by atoms with van der Waals surface area (Å²) in [7, 11) is 1.73. The lowest BCUT2D eigenvalue weighted by Crippen LogP contribution is -2.24. The van der Waals surface area contributed by atoms with Crippen LogP contribution in [0.25, 0.3) is 0 Å². The highest BCUT2D eigenvalue weighted by atomic mass is 32.2. The van der Waals surface area contributed by atoms with Gasteiger partial charge in [-0.25, -0.2) is 0 Å². The molecule has 20 heavy (non-hydrogen) atoms. The normalized spacial score (nSPS) is 12.3. The lowest BCUT2D eigenvalue weighted by molar-refractivity contribution is 0.412. The first-order valence-corrected chi connectivity index (χ1v) is 8.87. The van der Waals surface area contributed by atoms with E-state index in [1.807, 2.05) is 17.8 Å². The van der Waals surface area contributed by atoms with Gasteiger partial charge in [-0.1, -0.05) is 26.0 Å². The molecule has 1 aromatic rings. The Morgan fingerprint density at radius 2 is 2.15 bits per heavy atom. The molecule has 1 unspecified atom stereocenters. The van der Waals surface area contributed by atoms with E-state index in [-0.39, 0.29) is 0 Å². The van der Waals surface area contributed by atoms with Gasteiger partial charge in [0.25, 0.3) is 0 Å². The Balaban J connectivity index is 2.48. The van der Waals surface area contributed by atoms with E-state index in [2.05, 4.69) is 37.4 Å². The fourth-order valence-electron chi connectivity index (χ4n) is 2.38. The standard InChI is InChI=1S/C17H29NOS/c1-4-18-14-16(9-7-11-20-5-2)12-15-8-6-10-17(13-15)19-3/h6,8,10,13,16,18H,4-5,7,9,11-12,14H2,1-3H3. The molecule has 0 spiro atoms. The van der Waals surface area contributed by atoms with Crippen LogP contribution in [0.1, 0.15) is 32.3 Å². The predicted octanol–water partition coefficient (Wildman–Crippen LogP) is 4.00. The van der Waals surface area contributed by atoms with Crippen LogP contribution >= 0.6 is 11.8 Å². The van der Waals surface area contributed by atoms with Crippen LogP contribution < -0.4 is 10.1 Å². The second kappa shape index (κ2) is 11.0. The topological polar surface area (TPSA) is 21.3 Å². The Labute approximate surface area is 128 Å². The van der Waals surface area contributed by atoms with Crippen molar-refractivity contribution in [1.82, 2.24) is 5.32 Å². The fourth-order valence-corrected chi connectivity index (χ4v) is 3.04. The summed E-state index contributed by atoms with van der Waals surface area (Å²) in [6.07, 6.45) is 3.76. The minimum absolute atomic E-state index is 0.722. The van der Waals surface area contributed by atoms with Crippen LogP contribution in [0.3, 0.4) is 0 Å². The van der Waals surface area contributed by atoms with Gasteiger partial charge in [0.2, 0.25) is 0 Å². The zero-order chi connectivity index (χ0) is 14.6. The van der Waals surface area contributed by atoms with Gasteiger partial charge < -0.3 is 10.1 Å². The third-order valence-electron chi connectivity index (χ3n) is 3.45. The molecule has 0 radical (unpaired) electrons. The second-order valence-electron chi connectivity index (χ2n) is 5.07. The van der Waals surface area contributed by atoms with Crippen LogP contribution in [0.4, 0.5) is 0 Å². The van der Waals surface area contributed by atoms with Gasteiger partial charge in [-0.2, -0.15) is 11.8 Å². The van der Waals surface area contributed by atoms with Crippen LogP contribution in [0.15, 0.2) is 24.3 Å². The lowest BCUT2D eigenvalue weighted by Gasteiger charge is -2.17. The van der Waals surface area contributed by atoms with Crippen molar-refractivity contribution in [2.75, 3.05) is 31.7 Å². The molecule has 0 amide bonds. The van der Waals surface area contributed by atoms with Crippen LogP contribution in [0.2, 0.25) is 0 Å². The summed E-state index contributed by atoms with van der Waals surface area (Å²) in [5.74, 6) is 4.20. The van der Waals surface area contributed by atoms with Crippen molar-refractivity contribution in [1.29, 1.82) is 0 Å². The molecule has 0 aliphatic carbocycles. The van der Waals surface area contributed by atoms with Gasteiger partial charge >= 0.3 is 0 Å². The quantitative estimate of drug-likeness (QED) is 0.624. The van der Waals surface area contributed by atoms with E-state index in [0.717, 1.165) is 31.2 Å². The number of methoxy groups -OCH3 is 1. The van der Waals surface area contributed by atoms with Crippen molar-refractivity contribution in [2.24, 2.45) is 5.92 Å². The largest absolute Gasteiger partial charge is 0.497 e. The molecule has 0 aliphatic rings. The van der Waals surface area contributed by atoms with Crippen molar-refractivity contribution in [3.63, 3.8) is 0 Å². The van der Waals surface area contributed by atoms with E-state index in [1.54, 1.807) is 7.11 Å². The average Bonchev–Trinajstić information content (AvgIpc) is 2.49. The van der Waals surface area contributed by atoms with Crippen LogP contribution in [0.5, 0.6) is 5.75 Å². The number of ether oxygens (including phenoxy) is 1. The van der Waals surface area contributed by atoms with Gasteiger partial charge in [-0.05, 0) is 67.5 Å². The number of hydrogen-bond donors (Lipinski definition) is 1. The maximum absolute atomic E-state index is 5.31. The van der Waals surface area contributed by atoms with Crippen LogP contribution in [0, 0.1) is 5.92 Å². The highest BCUT2D eigenvalue weighted by Crippen LogP contribution is 2.19. The molecule has 1 rings (SSSR count). The number of nitrogens with one attached hydrogen (secondary N) is 1.